The zero-order chi connectivity index (χ0) is 20.8. The molecule has 2 fully saturated rings. The van der Waals surface area contributed by atoms with Crippen molar-refractivity contribution in [2.75, 3.05) is 13.2 Å². The van der Waals surface area contributed by atoms with Crippen molar-refractivity contribution in [3.8, 4) is 17.1 Å². The molecule has 0 spiro atoms. The number of rotatable bonds is 8. The fraction of sp³-hybridized carbons (Fsp3) is 0.583. The normalized spacial score (nSPS) is 24.0. The van der Waals surface area contributed by atoms with Gasteiger partial charge in [0.1, 0.15) is 12.7 Å². The monoisotopic (exact) mass is 412 g/mol. The van der Waals surface area contributed by atoms with Crippen LogP contribution in [0.15, 0.2) is 30.3 Å². The Hall–Kier alpha value is -2.34. The number of hydrogen-bond donors (Lipinski definition) is 1. The number of carbonyl (C=O) groups excluding carboxylic acids is 1. The lowest BCUT2D eigenvalue weighted by Gasteiger charge is -2.28. The summed E-state index contributed by atoms with van der Waals surface area (Å²) in [4.78, 5) is 11.7. The highest BCUT2D eigenvalue weighted by Gasteiger charge is 2.24. The summed E-state index contributed by atoms with van der Waals surface area (Å²) in [5.41, 5.74) is 3.40. The van der Waals surface area contributed by atoms with E-state index in [-0.39, 0.29) is 18.2 Å². The van der Waals surface area contributed by atoms with Crippen molar-refractivity contribution >= 4 is 5.97 Å². The molecule has 1 saturated carbocycles. The second-order valence-electron chi connectivity index (χ2n) is 8.40. The van der Waals surface area contributed by atoms with Gasteiger partial charge in [0, 0.05) is 19.1 Å². The summed E-state index contributed by atoms with van der Waals surface area (Å²) in [5, 5.41) is 7.33. The Bertz CT molecular complexity index is 803. The van der Waals surface area contributed by atoms with Crippen molar-refractivity contribution < 1.29 is 19.0 Å². The fourth-order valence-electron chi connectivity index (χ4n) is 4.38. The first kappa shape index (κ1) is 20.9. The van der Waals surface area contributed by atoms with Crippen LogP contribution in [0.25, 0.3) is 11.3 Å². The molecule has 2 aliphatic rings. The van der Waals surface area contributed by atoms with Crippen molar-refractivity contribution in [2.24, 2.45) is 0 Å². The Morgan fingerprint density at radius 3 is 2.67 bits per heavy atom. The molecule has 6 heteroatoms. The number of esters is 1. The molecule has 1 aromatic heterocycles. The molecule has 4 rings (SSSR count). The average Bonchev–Trinajstić information content (AvgIpc) is 3.45. The summed E-state index contributed by atoms with van der Waals surface area (Å²) in [6.07, 6.45) is 7.85. The van der Waals surface area contributed by atoms with Gasteiger partial charge in [-0.25, -0.2) is 0 Å². The van der Waals surface area contributed by atoms with Gasteiger partial charge in [0.05, 0.1) is 11.8 Å². The van der Waals surface area contributed by atoms with Gasteiger partial charge in [0.15, 0.2) is 0 Å². The van der Waals surface area contributed by atoms with E-state index in [2.05, 4.69) is 34.5 Å². The predicted octanol–water partition coefficient (Wildman–Crippen LogP) is 5.00. The summed E-state index contributed by atoms with van der Waals surface area (Å²) < 4.78 is 16.9. The topological polar surface area (TPSA) is 73.4 Å². The summed E-state index contributed by atoms with van der Waals surface area (Å²) >= 11 is 0. The second-order valence-corrected chi connectivity index (χ2v) is 8.40. The molecule has 1 aliphatic heterocycles. The summed E-state index contributed by atoms with van der Waals surface area (Å²) in [6.45, 7) is 3.39. The lowest BCUT2D eigenvalue weighted by Crippen LogP contribution is -2.23. The third kappa shape index (κ3) is 5.42. The minimum Gasteiger partial charge on any atom is -0.474 e. The van der Waals surface area contributed by atoms with Gasteiger partial charge in [-0.3, -0.25) is 9.89 Å². The molecule has 30 heavy (non-hydrogen) atoms. The Morgan fingerprint density at radius 2 is 1.97 bits per heavy atom. The third-order valence-electron chi connectivity index (χ3n) is 6.11. The van der Waals surface area contributed by atoms with Crippen LogP contribution in [0.2, 0.25) is 0 Å². The third-order valence-corrected chi connectivity index (χ3v) is 6.11. The standard InChI is InChI=1S/C24H32N2O4/c1-2-4-24(27)30-20-12-10-18(11-13-20)17-6-8-19(9-7-17)22-15-23(26-25-22)29-16-21-5-3-14-28-21/h6-9,15,18,20-21H,2-5,10-14,16H2,1H3,(H,25,26). The molecular formula is C24H32N2O4. The Kier molecular flexibility index (Phi) is 7.05. The van der Waals surface area contributed by atoms with Crippen molar-refractivity contribution in [1.29, 1.82) is 0 Å². The molecule has 162 valence electrons. The van der Waals surface area contributed by atoms with E-state index >= 15 is 0 Å². The fourth-order valence-corrected chi connectivity index (χ4v) is 4.38. The minimum atomic E-state index is -0.0519. The molecular weight excluding hydrogens is 380 g/mol. The van der Waals surface area contributed by atoms with E-state index in [1.54, 1.807) is 0 Å². The van der Waals surface area contributed by atoms with Gasteiger partial charge in [0.2, 0.25) is 5.88 Å². The molecule has 1 unspecified atom stereocenters. The van der Waals surface area contributed by atoms with Crippen molar-refractivity contribution in [3.63, 3.8) is 0 Å². The lowest BCUT2D eigenvalue weighted by atomic mass is 9.82. The SMILES string of the molecule is CCCC(=O)OC1CCC(c2ccc(-c3cc(OCC4CCCO4)n[nH]3)cc2)CC1. The van der Waals surface area contributed by atoms with Crippen LogP contribution in [0, 0.1) is 0 Å². The van der Waals surface area contributed by atoms with Crippen LogP contribution in [0.5, 0.6) is 5.88 Å². The molecule has 1 saturated heterocycles. The first-order valence-electron chi connectivity index (χ1n) is 11.3. The molecule has 1 N–H and O–H groups in total. The van der Waals surface area contributed by atoms with Crippen molar-refractivity contribution in [2.45, 2.75) is 76.4 Å². The van der Waals surface area contributed by atoms with Crippen molar-refractivity contribution in [3.05, 3.63) is 35.9 Å². The van der Waals surface area contributed by atoms with Gasteiger partial charge in [-0.05, 0) is 62.0 Å². The van der Waals surface area contributed by atoms with E-state index in [4.69, 9.17) is 14.2 Å². The number of ether oxygens (including phenoxy) is 3. The quantitative estimate of drug-likeness (QED) is 0.618. The number of aromatic amines is 1. The van der Waals surface area contributed by atoms with Crippen molar-refractivity contribution in [1.82, 2.24) is 10.2 Å². The highest BCUT2D eigenvalue weighted by molar-refractivity contribution is 5.69. The van der Waals surface area contributed by atoms with Crippen LogP contribution in [0.3, 0.4) is 0 Å². The van der Waals surface area contributed by atoms with Crippen LogP contribution in [0.1, 0.15) is 69.8 Å². The van der Waals surface area contributed by atoms with Gasteiger partial charge in [-0.2, -0.15) is 0 Å². The number of H-pyrrole nitrogens is 1. The van der Waals surface area contributed by atoms with Gasteiger partial charge >= 0.3 is 5.97 Å². The molecule has 0 bridgehead atoms. The van der Waals surface area contributed by atoms with Crippen LogP contribution in [-0.2, 0) is 14.3 Å². The smallest absolute Gasteiger partial charge is 0.306 e. The van der Waals surface area contributed by atoms with Gasteiger partial charge in [-0.1, -0.05) is 31.2 Å². The second kappa shape index (κ2) is 10.1. The number of nitrogens with zero attached hydrogens (tertiary/aromatic N) is 1. The number of carbonyl (C=O) groups is 1. The maximum Gasteiger partial charge on any atom is 0.306 e. The maximum absolute atomic E-state index is 11.7. The van der Waals surface area contributed by atoms with E-state index in [1.807, 2.05) is 13.0 Å². The van der Waals surface area contributed by atoms with E-state index in [9.17, 15) is 4.79 Å². The van der Waals surface area contributed by atoms with Gasteiger partial charge in [0.25, 0.3) is 0 Å². The number of aromatic nitrogens is 2. The Labute approximate surface area is 178 Å². The molecule has 2 aromatic rings. The Balaban J connectivity index is 1.28. The molecule has 2 heterocycles. The maximum atomic E-state index is 11.7. The average molecular weight is 413 g/mol. The van der Waals surface area contributed by atoms with Gasteiger partial charge in [-0.15, -0.1) is 5.10 Å². The molecule has 0 radical (unpaired) electrons. The number of hydrogen-bond acceptors (Lipinski definition) is 5. The molecule has 6 nitrogen and oxygen atoms in total. The van der Waals surface area contributed by atoms with Crippen LogP contribution >= 0.6 is 0 Å². The van der Waals surface area contributed by atoms with Crippen LogP contribution in [-0.4, -0.2) is 41.6 Å². The highest BCUT2D eigenvalue weighted by Crippen LogP contribution is 2.35. The summed E-state index contributed by atoms with van der Waals surface area (Å²) in [6, 6.07) is 10.6. The largest absolute Gasteiger partial charge is 0.474 e. The van der Waals surface area contributed by atoms with Gasteiger partial charge < -0.3 is 14.2 Å². The first-order chi connectivity index (χ1) is 14.7. The summed E-state index contributed by atoms with van der Waals surface area (Å²) in [7, 11) is 0. The molecule has 1 aliphatic carbocycles. The molecule has 1 aromatic carbocycles. The van der Waals surface area contributed by atoms with E-state index in [0.29, 0.717) is 24.8 Å². The summed E-state index contributed by atoms with van der Waals surface area (Å²) in [5.74, 6) is 1.09. The zero-order valence-electron chi connectivity index (χ0n) is 17.8. The lowest BCUT2D eigenvalue weighted by molar-refractivity contribution is -0.150. The van der Waals surface area contributed by atoms with E-state index < -0.39 is 0 Å². The molecule has 0 amide bonds. The minimum absolute atomic E-state index is 0.0519. The number of benzene rings is 1. The van der Waals surface area contributed by atoms with E-state index in [1.165, 1.54) is 5.56 Å². The number of nitrogens with one attached hydrogen (secondary N) is 1. The molecule has 1 atom stereocenters. The Morgan fingerprint density at radius 1 is 1.17 bits per heavy atom. The van der Waals surface area contributed by atoms with E-state index in [0.717, 1.165) is 62.8 Å². The highest BCUT2D eigenvalue weighted by atomic mass is 16.5. The zero-order valence-corrected chi connectivity index (χ0v) is 17.8. The first-order valence-corrected chi connectivity index (χ1v) is 11.3. The van der Waals surface area contributed by atoms with Crippen LogP contribution in [0.4, 0.5) is 0 Å². The van der Waals surface area contributed by atoms with Crippen LogP contribution < -0.4 is 4.74 Å². The predicted molar refractivity (Wildman–Crippen MR) is 114 cm³/mol.